The molecular weight excluding hydrogens is 479 g/mol. The lowest BCUT2D eigenvalue weighted by molar-refractivity contribution is -0.116. The lowest BCUT2D eigenvalue weighted by atomic mass is 9.90. The molecule has 2 aromatic carbocycles. The van der Waals surface area contributed by atoms with E-state index in [-0.39, 0.29) is 35.8 Å². The Kier molecular flexibility index (Phi) is 9.40. The quantitative estimate of drug-likeness (QED) is 0.304. The highest BCUT2D eigenvalue weighted by molar-refractivity contribution is 14.0. The molecule has 0 bridgehead atoms. The summed E-state index contributed by atoms with van der Waals surface area (Å²) in [6.45, 7) is 4.60. The molecule has 0 aliphatic carbocycles. The summed E-state index contributed by atoms with van der Waals surface area (Å²) in [5.74, 6) is 0.890. The first-order chi connectivity index (χ1) is 13.7. The summed E-state index contributed by atoms with van der Waals surface area (Å²) in [5, 5.41) is 9.66. The molecule has 0 saturated heterocycles. The number of fused-ring (bicyclic) bond motifs is 1. The Morgan fingerprint density at radius 3 is 2.62 bits per heavy atom. The Morgan fingerprint density at radius 2 is 1.86 bits per heavy atom. The van der Waals surface area contributed by atoms with E-state index in [4.69, 9.17) is 4.74 Å². The number of carbonyl (C=O) groups excluding carboxylic acids is 1. The third kappa shape index (κ3) is 6.43. The number of hydrogen-bond donors (Lipinski definition) is 3. The third-order valence-electron chi connectivity index (χ3n) is 4.87. The number of halogens is 1. The number of para-hydroxylation sites is 1. The van der Waals surface area contributed by atoms with Crippen molar-refractivity contribution >= 4 is 41.5 Å². The molecule has 0 spiro atoms. The SMILES string of the molecule is CCOCc1ccccc1CNC(=NC)NCC1CC(=O)Nc2ccccc21.I. The molecular formula is C22H29IN4O2. The van der Waals surface area contributed by atoms with Crippen molar-refractivity contribution in [1.29, 1.82) is 0 Å². The third-order valence-corrected chi connectivity index (χ3v) is 4.87. The van der Waals surface area contributed by atoms with Crippen LogP contribution in [-0.2, 0) is 22.7 Å². The fourth-order valence-corrected chi connectivity index (χ4v) is 3.39. The van der Waals surface area contributed by atoms with Gasteiger partial charge in [0.15, 0.2) is 5.96 Å². The van der Waals surface area contributed by atoms with Crippen molar-refractivity contribution in [2.75, 3.05) is 25.5 Å². The molecule has 1 heterocycles. The summed E-state index contributed by atoms with van der Waals surface area (Å²) in [7, 11) is 1.75. The van der Waals surface area contributed by atoms with E-state index in [9.17, 15) is 4.79 Å². The minimum absolute atomic E-state index is 0. The maximum atomic E-state index is 12.0. The summed E-state index contributed by atoms with van der Waals surface area (Å²) in [5.41, 5.74) is 4.41. The molecule has 0 aromatic heterocycles. The van der Waals surface area contributed by atoms with Gasteiger partial charge in [-0.25, -0.2) is 0 Å². The molecule has 0 saturated carbocycles. The van der Waals surface area contributed by atoms with Gasteiger partial charge in [0, 0.05) is 44.8 Å². The van der Waals surface area contributed by atoms with E-state index in [0.29, 0.717) is 32.7 Å². The monoisotopic (exact) mass is 508 g/mol. The summed E-state index contributed by atoms with van der Waals surface area (Å²) < 4.78 is 5.55. The molecule has 2 aromatic rings. The van der Waals surface area contributed by atoms with E-state index in [0.717, 1.165) is 17.2 Å². The number of ether oxygens (including phenoxy) is 1. The number of rotatable bonds is 7. The molecule has 1 atom stereocenters. The molecule has 1 amide bonds. The van der Waals surface area contributed by atoms with Gasteiger partial charge in [-0.1, -0.05) is 42.5 Å². The first-order valence-corrected chi connectivity index (χ1v) is 9.69. The van der Waals surface area contributed by atoms with Crippen LogP contribution in [0.25, 0.3) is 0 Å². The topological polar surface area (TPSA) is 74.8 Å². The van der Waals surface area contributed by atoms with Gasteiger partial charge < -0.3 is 20.7 Å². The smallest absolute Gasteiger partial charge is 0.225 e. The molecule has 0 fully saturated rings. The summed E-state index contributed by atoms with van der Waals surface area (Å²) in [6.07, 6.45) is 0.470. The number of nitrogens with zero attached hydrogens (tertiary/aromatic N) is 1. The molecule has 156 valence electrons. The summed E-state index contributed by atoms with van der Waals surface area (Å²) in [4.78, 5) is 16.3. The summed E-state index contributed by atoms with van der Waals surface area (Å²) >= 11 is 0. The van der Waals surface area contributed by atoms with E-state index in [1.165, 1.54) is 11.1 Å². The molecule has 7 heteroatoms. The van der Waals surface area contributed by atoms with Gasteiger partial charge in [0.05, 0.1) is 6.61 Å². The fourth-order valence-electron chi connectivity index (χ4n) is 3.39. The lowest BCUT2D eigenvalue weighted by Gasteiger charge is -2.26. The molecule has 3 N–H and O–H groups in total. The van der Waals surface area contributed by atoms with Crippen LogP contribution in [-0.4, -0.2) is 32.1 Å². The van der Waals surface area contributed by atoms with Crippen molar-refractivity contribution in [2.24, 2.45) is 4.99 Å². The van der Waals surface area contributed by atoms with Crippen molar-refractivity contribution < 1.29 is 9.53 Å². The Balaban J connectivity index is 0.00000300. The average Bonchev–Trinajstić information content (AvgIpc) is 2.72. The maximum absolute atomic E-state index is 12.0. The van der Waals surface area contributed by atoms with Crippen molar-refractivity contribution in [3.8, 4) is 0 Å². The Bertz CT molecular complexity index is 841. The number of anilines is 1. The van der Waals surface area contributed by atoms with Gasteiger partial charge in [0.1, 0.15) is 0 Å². The predicted octanol–water partition coefficient (Wildman–Crippen LogP) is 3.63. The average molecular weight is 508 g/mol. The van der Waals surface area contributed by atoms with Gasteiger partial charge in [-0.15, -0.1) is 24.0 Å². The van der Waals surface area contributed by atoms with Crippen molar-refractivity contribution in [3.63, 3.8) is 0 Å². The number of amides is 1. The summed E-state index contributed by atoms with van der Waals surface area (Å²) in [6, 6.07) is 16.2. The number of nitrogens with one attached hydrogen (secondary N) is 3. The van der Waals surface area contributed by atoms with Crippen LogP contribution in [0.5, 0.6) is 0 Å². The van der Waals surface area contributed by atoms with E-state index >= 15 is 0 Å². The van der Waals surface area contributed by atoms with Crippen molar-refractivity contribution in [3.05, 3.63) is 65.2 Å². The van der Waals surface area contributed by atoms with Crippen LogP contribution < -0.4 is 16.0 Å². The first kappa shape index (κ1) is 23.2. The van der Waals surface area contributed by atoms with Crippen LogP contribution >= 0.6 is 24.0 Å². The number of guanidine groups is 1. The highest BCUT2D eigenvalue weighted by Crippen LogP contribution is 2.31. The van der Waals surface area contributed by atoms with Crippen molar-refractivity contribution in [1.82, 2.24) is 10.6 Å². The first-order valence-electron chi connectivity index (χ1n) is 9.69. The normalized spacial score (nSPS) is 15.7. The minimum Gasteiger partial charge on any atom is -0.377 e. The Labute approximate surface area is 189 Å². The van der Waals surface area contributed by atoms with Gasteiger partial charge in [-0.3, -0.25) is 9.79 Å². The standard InChI is InChI=1S/C22H28N4O2.HI/c1-3-28-15-17-9-5-4-8-16(17)13-24-22(23-2)25-14-18-12-21(27)26-20-11-7-6-10-19(18)20;/h4-11,18H,3,12-15H2,1-2H3,(H,26,27)(H2,23,24,25);1H. The largest absolute Gasteiger partial charge is 0.377 e. The van der Waals surface area contributed by atoms with Crippen LogP contribution in [0.1, 0.15) is 36.0 Å². The molecule has 1 aliphatic heterocycles. The predicted molar refractivity (Wildman–Crippen MR) is 128 cm³/mol. The molecule has 6 nitrogen and oxygen atoms in total. The number of aliphatic imine (C=N–C) groups is 1. The molecule has 3 rings (SSSR count). The van der Waals surface area contributed by atoms with E-state index in [2.05, 4.69) is 39.1 Å². The number of carbonyl (C=O) groups is 1. The number of benzene rings is 2. The Morgan fingerprint density at radius 1 is 1.14 bits per heavy atom. The van der Waals surface area contributed by atoms with Crippen molar-refractivity contribution in [2.45, 2.75) is 32.4 Å². The van der Waals surface area contributed by atoms with Gasteiger partial charge in [-0.05, 0) is 29.7 Å². The van der Waals surface area contributed by atoms with Gasteiger partial charge in [0.25, 0.3) is 0 Å². The maximum Gasteiger partial charge on any atom is 0.225 e. The van der Waals surface area contributed by atoms with Gasteiger partial charge in [0.2, 0.25) is 5.91 Å². The molecule has 1 aliphatic rings. The lowest BCUT2D eigenvalue weighted by Crippen LogP contribution is -2.40. The molecule has 29 heavy (non-hydrogen) atoms. The molecule has 0 radical (unpaired) electrons. The zero-order valence-corrected chi connectivity index (χ0v) is 19.2. The zero-order valence-electron chi connectivity index (χ0n) is 16.9. The van der Waals surface area contributed by atoms with E-state index < -0.39 is 0 Å². The highest BCUT2D eigenvalue weighted by atomic mass is 127. The zero-order chi connectivity index (χ0) is 19.8. The minimum atomic E-state index is 0. The van der Waals surface area contributed by atoms with Crippen LogP contribution in [0.15, 0.2) is 53.5 Å². The Hall–Kier alpha value is -2.13. The van der Waals surface area contributed by atoms with E-state index in [1.807, 2.05) is 37.3 Å². The van der Waals surface area contributed by atoms with Crippen LogP contribution in [0.2, 0.25) is 0 Å². The van der Waals surface area contributed by atoms with Crippen LogP contribution in [0, 0.1) is 0 Å². The second-order valence-electron chi connectivity index (χ2n) is 6.75. The van der Waals surface area contributed by atoms with Crippen LogP contribution in [0.3, 0.4) is 0 Å². The second kappa shape index (κ2) is 11.8. The van der Waals surface area contributed by atoms with Crippen LogP contribution in [0.4, 0.5) is 5.69 Å². The second-order valence-corrected chi connectivity index (χ2v) is 6.75. The molecule has 1 unspecified atom stereocenters. The van der Waals surface area contributed by atoms with Gasteiger partial charge in [-0.2, -0.15) is 0 Å². The number of hydrogen-bond acceptors (Lipinski definition) is 3. The fraction of sp³-hybridized carbons (Fsp3) is 0.364. The van der Waals surface area contributed by atoms with E-state index in [1.54, 1.807) is 7.05 Å². The highest BCUT2D eigenvalue weighted by Gasteiger charge is 2.24. The van der Waals surface area contributed by atoms with Gasteiger partial charge >= 0.3 is 0 Å².